The molecule has 0 amide bonds. The van der Waals surface area contributed by atoms with Crippen LogP contribution in [0, 0.1) is 0 Å². The van der Waals surface area contributed by atoms with Gasteiger partial charge in [-0.25, -0.2) is 9.97 Å². The van der Waals surface area contributed by atoms with Crippen molar-refractivity contribution in [3.8, 4) is 50.7 Å². The molecule has 1 N–H and O–H groups in total. The molecule has 8 aromatic rings. The fourth-order valence-electron chi connectivity index (χ4n) is 8.83. The molecule has 3 aliphatic rings. The first-order chi connectivity index (χ1) is 27.8. The van der Waals surface area contributed by atoms with Crippen molar-refractivity contribution in [3.63, 3.8) is 0 Å². The Hall–Kier alpha value is -7.24. The molecule has 5 heteroatoms. The van der Waals surface area contributed by atoms with Crippen molar-refractivity contribution < 1.29 is 0 Å². The Kier molecular flexibility index (Phi) is 7.62. The molecule has 0 saturated heterocycles. The highest BCUT2D eigenvalue weighted by atomic mass is 15.2. The Morgan fingerprint density at radius 3 is 2.09 bits per heavy atom. The molecular formula is C51H37N5. The highest BCUT2D eigenvalue weighted by Gasteiger charge is 2.39. The minimum atomic E-state index is 0.134. The number of nitrogens with zero attached hydrogens (tertiary/aromatic N) is 4. The van der Waals surface area contributed by atoms with Crippen molar-refractivity contribution in [3.05, 3.63) is 199 Å². The van der Waals surface area contributed by atoms with Gasteiger partial charge in [0, 0.05) is 57.2 Å². The molecule has 56 heavy (non-hydrogen) atoms. The third-order valence-corrected chi connectivity index (χ3v) is 11.3. The predicted octanol–water partition coefficient (Wildman–Crippen LogP) is 12.3. The van der Waals surface area contributed by atoms with Crippen LogP contribution in [0.15, 0.2) is 188 Å². The van der Waals surface area contributed by atoms with Crippen LogP contribution >= 0.6 is 0 Å². The van der Waals surface area contributed by atoms with E-state index in [1.807, 2.05) is 24.3 Å². The third-order valence-electron chi connectivity index (χ3n) is 11.3. The summed E-state index contributed by atoms with van der Waals surface area (Å²) >= 11 is 0. The molecule has 6 aromatic carbocycles. The second kappa shape index (κ2) is 13.3. The van der Waals surface area contributed by atoms with Gasteiger partial charge < -0.3 is 10.2 Å². The number of allylic oxidation sites excluding steroid dienone is 2. The Bertz CT molecular complexity index is 2810. The lowest BCUT2D eigenvalue weighted by atomic mass is 9.86. The smallest absolute Gasteiger partial charge is 0.160 e. The van der Waals surface area contributed by atoms with Crippen molar-refractivity contribution in [2.75, 3.05) is 16.8 Å². The summed E-state index contributed by atoms with van der Waals surface area (Å²) in [5.74, 6) is 2.05. The van der Waals surface area contributed by atoms with E-state index in [1.54, 1.807) is 0 Å². The maximum Gasteiger partial charge on any atom is 0.160 e. The number of benzene rings is 6. The molecule has 0 radical (unpaired) electrons. The second-order valence-corrected chi connectivity index (χ2v) is 14.6. The molecule has 0 saturated carbocycles. The van der Waals surface area contributed by atoms with E-state index in [-0.39, 0.29) is 12.0 Å². The Morgan fingerprint density at radius 1 is 0.571 bits per heavy atom. The SMILES string of the molecule is C1=CC2c3c(-c4ccc5c6c(n(-c7ccccc7)c5c4)NCC=C6)cccc3N(c3cccc(-c4cc(-c5ccccc5)nc(-c5ccccc5)n4)c3)C2C=C1. The van der Waals surface area contributed by atoms with Gasteiger partial charge in [-0.2, -0.15) is 0 Å². The largest absolute Gasteiger partial charge is 0.367 e. The normalized spacial score (nSPS) is 16.4. The zero-order valence-corrected chi connectivity index (χ0v) is 30.6. The minimum Gasteiger partial charge on any atom is -0.367 e. The molecular weight excluding hydrogens is 683 g/mol. The van der Waals surface area contributed by atoms with E-state index < -0.39 is 0 Å². The minimum absolute atomic E-state index is 0.134. The van der Waals surface area contributed by atoms with Gasteiger partial charge in [0.2, 0.25) is 0 Å². The monoisotopic (exact) mass is 719 g/mol. The molecule has 266 valence electrons. The Morgan fingerprint density at radius 2 is 1.27 bits per heavy atom. The molecule has 0 fully saturated rings. The van der Waals surface area contributed by atoms with Crippen LogP contribution in [0.2, 0.25) is 0 Å². The van der Waals surface area contributed by atoms with Crippen LogP contribution in [0.4, 0.5) is 17.2 Å². The van der Waals surface area contributed by atoms with Gasteiger partial charge in [-0.1, -0.05) is 152 Å². The van der Waals surface area contributed by atoms with Gasteiger partial charge in [-0.15, -0.1) is 0 Å². The van der Waals surface area contributed by atoms with Crippen molar-refractivity contribution >= 4 is 34.2 Å². The summed E-state index contributed by atoms with van der Waals surface area (Å²) in [5, 5.41) is 4.91. The molecule has 0 bridgehead atoms. The summed E-state index contributed by atoms with van der Waals surface area (Å²) in [7, 11) is 0. The lowest BCUT2D eigenvalue weighted by Gasteiger charge is -2.29. The van der Waals surface area contributed by atoms with E-state index >= 15 is 0 Å². The quantitative estimate of drug-likeness (QED) is 0.186. The van der Waals surface area contributed by atoms with Crippen molar-refractivity contribution in [1.29, 1.82) is 0 Å². The van der Waals surface area contributed by atoms with E-state index in [0.717, 1.165) is 51.8 Å². The lowest BCUT2D eigenvalue weighted by Crippen LogP contribution is -2.28. The first-order valence-corrected chi connectivity index (χ1v) is 19.3. The number of rotatable bonds is 6. The highest BCUT2D eigenvalue weighted by molar-refractivity contribution is 6.01. The summed E-state index contributed by atoms with van der Waals surface area (Å²) in [6.07, 6.45) is 13.6. The zero-order chi connectivity index (χ0) is 37.0. The molecule has 2 unspecified atom stereocenters. The van der Waals surface area contributed by atoms with Gasteiger partial charge in [0.1, 0.15) is 5.82 Å². The first kappa shape index (κ1) is 32.2. The van der Waals surface area contributed by atoms with Gasteiger partial charge in [0.05, 0.1) is 22.9 Å². The van der Waals surface area contributed by atoms with Gasteiger partial charge in [-0.3, -0.25) is 4.57 Å². The van der Waals surface area contributed by atoms with Crippen LogP contribution in [0.1, 0.15) is 17.0 Å². The van der Waals surface area contributed by atoms with Crippen LogP contribution < -0.4 is 10.2 Å². The number of nitrogens with one attached hydrogen (secondary N) is 1. The lowest BCUT2D eigenvalue weighted by molar-refractivity contribution is 0.745. The topological polar surface area (TPSA) is 46.0 Å². The summed E-state index contributed by atoms with van der Waals surface area (Å²) in [5.41, 5.74) is 14.7. The maximum absolute atomic E-state index is 5.16. The van der Waals surface area contributed by atoms with Crippen LogP contribution in [-0.4, -0.2) is 27.1 Å². The van der Waals surface area contributed by atoms with E-state index in [2.05, 4.69) is 185 Å². The number of fused-ring (bicyclic) bond motifs is 6. The molecule has 4 heterocycles. The molecule has 2 atom stereocenters. The molecule has 11 rings (SSSR count). The Balaban J connectivity index is 1.04. The van der Waals surface area contributed by atoms with Crippen molar-refractivity contribution in [2.45, 2.75) is 12.0 Å². The molecule has 2 aromatic heterocycles. The number of aromatic nitrogens is 3. The fourth-order valence-corrected chi connectivity index (χ4v) is 8.83. The molecule has 5 nitrogen and oxygen atoms in total. The zero-order valence-electron chi connectivity index (χ0n) is 30.6. The summed E-state index contributed by atoms with van der Waals surface area (Å²) in [6, 6.07) is 56.2. The third kappa shape index (κ3) is 5.31. The first-order valence-electron chi connectivity index (χ1n) is 19.3. The average molecular weight is 720 g/mol. The van der Waals surface area contributed by atoms with E-state index in [9.17, 15) is 0 Å². The summed E-state index contributed by atoms with van der Waals surface area (Å²) in [4.78, 5) is 12.7. The van der Waals surface area contributed by atoms with Crippen molar-refractivity contribution in [1.82, 2.24) is 14.5 Å². The van der Waals surface area contributed by atoms with Gasteiger partial charge in [0.25, 0.3) is 0 Å². The number of anilines is 3. The summed E-state index contributed by atoms with van der Waals surface area (Å²) < 4.78 is 2.38. The Labute approximate surface area is 326 Å². The van der Waals surface area contributed by atoms with E-state index in [1.165, 1.54) is 38.8 Å². The predicted molar refractivity (Wildman–Crippen MR) is 232 cm³/mol. The average Bonchev–Trinajstić information content (AvgIpc) is 3.80. The van der Waals surface area contributed by atoms with E-state index in [4.69, 9.17) is 9.97 Å². The van der Waals surface area contributed by atoms with Crippen LogP contribution in [0.3, 0.4) is 0 Å². The number of hydrogen-bond acceptors (Lipinski definition) is 4. The number of hydrogen-bond donors (Lipinski definition) is 1. The highest BCUT2D eigenvalue weighted by Crippen LogP contribution is 2.52. The van der Waals surface area contributed by atoms with Crippen LogP contribution in [0.25, 0.3) is 67.7 Å². The maximum atomic E-state index is 5.16. The fraction of sp³-hybridized carbons (Fsp3) is 0.0588. The van der Waals surface area contributed by atoms with E-state index in [0.29, 0.717) is 5.82 Å². The standard InChI is InChI=1S/C51H37N5/c1-4-15-34(16-5-1)44-33-45(54-50(53-44)35-17-6-2-7-18-35)37-19-12-22-39(31-37)55-46-26-11-10-23-43(46)49-40(24-13-27-47(49)55)36-28-29-41-42-25-14-30-52-51(42)56(48(41)32-36)38-20-8-3-9-21-38/h1-29,31-33,43,46,52H,30H2. The molecule has 0 spiro atoms. The number of para-hydroxylation sites is 1. The van der Waals surface area contributed by atoms with Gasteiger partial charge in [-0.05, 0) is 59.2 Å². The van der Waals surface area contributed by atoms with Crippen LogP contribution in [0.5, 0.6) is 0 Å². The van der Waals surface area contributed by atoms with Gasteiger partial charge in [0.15, 0.2) is 5.82 Å². The molecule has 2 aliphatic heterocycles. The van der Waals surface area contributed by atoms with Crippen molar-refractivity contribution in [2.24, 2.45) is 0 Å². The van der Waals surface area contributed by atoms with Gasteiger partial charge >= 0.3 is 0 Å². The van der Waals surface area contributed by atoms with Crippen LogP contribution in [-0.2, 0) is 0 Å². The molecule has 1 aliphatic carbocycles. The summed E-state index contributed by atoms with van der Waals surface area (Å²) in [6.45, 7) is 0.814. The second-order valence-electron chi connectivity index (χ2n) is 14.6.